The van der Waals surface area contributed by atoms with E-state index in [0.29, 0.717) is 10.7 Å². The second kappa shape index (κ2) is 4.33. The molecular weight excluding hydrogens is 230 g/mol. The Kier molecular flexibility index (Phi) is 2.89. The van der Waals surface area contributed by atoms with Crippen LogP contribution in [0.25, 0.3) is 0 Å². The summed E-state index contributed by atoms with van der Waals surface area (Å²) < 4.78 is 0.825. The molecule has 0 amide bonds. The Hall–Kier alpha value is -1.52. The third-order valence-electron chi connectivity index (χ3n) is 1.44. The molecule has 2 heterocycles. The minimum absolute atomic E-state index is 0.313. The molecule has 0 radical (unpaired) electrons. The summed E-state index contributed by atoms with van der Waals surface area (Å²) in [5.41, 5.74) is 0.313. The summed E-state index contributed by atoms with van der Waals surface area (Å²) in [7, 11) is 0. The van der Waals surface area contributed by atoms with Gasteiger partial charge in [-0.3, -0.25) is 0 Å². The van der Waals surface area contributed by atoms with E-state index < -0.39 is 0 Å². The van der Waals surface area contributed by atoms with Crippen LogP contribution < -0.4 is 0 Å². The quantitative estimate of drug-likeness (QED) is 0.788. The van der Waals surface area contributed by atoms with Crippen molar-refractivity contribution in [2.75, 3.05) is 0 Å². The van der Waals surface area contributed by atoms with Gasteiger partial charge in [0.1, 0.15) is 16.1 Å². The molecule has 0 saturated carbocycles. The topological polar surface area (TPSA) is 75.3 Å². The lowest BCUT2D eigenvalue weighted by Crippen LogP contribution is -1.86. The van der Waals surface area contributed by atoms with E-state index in [1.165, 1.54) is 29.3 Å². The maximum absolute atomic E-state index is 8.54. The first kappa shape index (κ1) is 10.0. The van der Waals surface area contributed by atoms with E-state index in [1.54, 1.807) is 6.20 Å². The van der Waals surface area contributed by atoms with Crippen LogP contribution in [0.2, 0.25) is 0 Å². The van der Waals surface area contributed by atoms with Crippen LogP contribution in [-0.2, 0) is 0 Å². The lowest BCUT2D eigenvalue weighted by Gasteiger charge is -1.93. The Bertz CT molecular complexity index is 498. The van der Waals surface area contributed by atoms with Crippen LogP contribution >= 0.6 is 23.1 Å². The Labute approximate surface area is 94.2 Å². The van der Waals surface area contributed by atoms with E-state index in [4.69, 9.17) is 5.26 Å². The van der Waals surface area contributed by atoms with E-state index >= 15 is 0 Å². The highest BCUT2D eigenvalue weighted by atomic mass is 32.2. The van der Waals surface area contributed by atoms with Crippen LogP contribution in [0.1, 0.15) is 10.7 Å². The molecule has 0 unspecified atom stereocenters. The van der Waals surface area contributed by atoms with Gasteiger partial charge in [0.05, 0.1) is 12.4 Å². The molecule has 2 aromatic heterocycles. The van der Waals surface area contributed by atoms with E-state index in [1.807, 2.05) is 13.0 Å². The molecule has 0 atom stereocenters. The van der Waals surface area contributed by atoms with E-state index in [0.717, 1.165) is 9.35 Å². The summed E-state index contributed by atoms with van der Waals surface area (Å²) in [6.07, 6.45) is 3.00. The van der Waals surface area contributed by atoms with Crippen LogP contribution in [0.5, 0.6) is 0 Å². The summed E-state index contributed by atoms with van der Waals surface area (Å²) in [5.74, 6) is 0. The molecule has 0 aromatic carbocycles. The van der Waals surface area contributed by atoms with Crippen LogP contribution in [0.4, 0.5) is 0 Å². The van der Waals surface area contributed by atoms with Gasteiger partial charge >= 0.3 is 0 Å². The predicted octanol–water partition coefficient (Wildman–Crippen LogP) is 1.66. The number of hydrogen-bond donors (Lipinski definition) is 0. The molecule has 2 aromatic rings. The molecule has 0 aliphatic carbocycles. The third kappa shape index (κ3) is 2.49. The number of hydrogen-bond acceptors (Lipinski definition) is 7. The maximum atomic E-state index is 8.54. The lowest BCUT2D eigenvalue weighted by atomic mass is 10.5. The molecule has 5 nitrogen and oxygen atoms in total. The summed E-state index contributed by atoms with van der Waals surface area (Å²) >= 11 is 2.89. The van der Waals surface area contributed by atoms with Gasteiger partial charge in [0.2, 0.25) is 0 Å². The van der Waals surface area contributed by atoms with Gasteiger partial charge in [-0.2, -0.15) is 5.26 Å². The van der Waals surface area contributed by atoms with Gasteiger partial charge in [0.15, 0.2) is 10.0 Å². The molecule has 0 fully saturated rings. The van der Waals surface area contributed by atoms with Crippen LogP contribution in [0, 0.1) is 18.3 Å². The molecule has 15 heavy (non-hydrogen) atoms. The number of rotatable bonds is 2. The molecular formula is C8H5N5S2. The first-order chi connectivity index (χ1) is 7.28. The molecule has 0 aliphatic rings. The van der Waals surface area contributed by atoms with Gasteiger partial charge in [-0.15, -0.1) is 10.2 Å². The van der Waals surface area contributed by atoms with Crippen molar-refractivity contribution in [3.63, 3.8) is 0 Å². The average Bonchev–Trinajstić information content (AvgIpc) is 2.65. The van der Waals surface area contributed by atoms with Crippen LogP contribution in [-0.4, -0.2) is 20.2 Å². The molecule has 0 bridgehead atoms. The fraction of sp³-hybridized carbons (Fsp3) is 0.125. The zero-order chi connectivity index (χ0) is 10.7. The first-order valence-corrected chi connectivity index (χ1v) is 5.61. The highest BCUT2D eigenvalue weighted by Gasteiger charge is 2.04. The Balaban J connectivity index is 2.15. The number of aryl methyl sites for hydroxylation is 1. The van der Waals surface area contributed by atoms with Crippen molar-refractivity contribution in [3.05, 3.63) is 23.1 Å². The van der Waals surface area contributed by atoms with Gasteiger partial charge in [0.25, 0.3) is 0 Å². The largest absolute Gasteiger partial charge is 0.245 e. The minimum Gasteiger partial charge on any atom is -0.245 e. The monoisotopic (exact) mass is 235 g/mol. The van der Waals surface area contributed by atoms with Gasteiger partial charge in [0, 0.05) is 0 Å². The normalized spacial score (nSPS) is 9.87. The van der Waals surface area contributed by atoms with Crippen molar-refractivity contribution in [3.8, 4) is 6.07 Å². The fourth-order valence-corrected chi connectivity index (χ4v) is 2.51. The van der Waals surface area contributed by atoms with Gasteiger partial charge in [-0.05, 0) is 18.7 Å². The third-order valence-corrected chi connectivity index (χ3v) is 3.25. The second-order valence-electron chi connectivity index (χ2n) is 2.54. The van der Waals surface area contributed by atoms with Gasteiger partial charge in [-0.1, -0.05) is 11.3 Å². The zero-order valence-electron chi connectivity index (χ0n) is 7.71. The Morgan fingerprint density at radius 2 is 2.20 bits per heavy atom. The van der Waals surface area contributed by atoms with Gasteiger partial charge in [-0.25, -0.2) is 9.97 Å². The van der Waals surface area contributed by atoms with E-state index in [9.17, 15) is 0 Å². The fourth-order valence-electron chi connectivity index (χ4n) is 0.836. The van der Waals surface area contributed by atoms with Crippen LogP contribution in [0.3, 0.4) is 0 Å². The molecule has 0 N–H and O–H groups in total. The molecule has 2 rings (SSSR count). The van der Waals surface area contributed by atoms with Crippen LogP contribution in [0.15, 0.2) is 21.8 Å². The highest BCUT2D eigenvalue weighted by Crippen LogP contribution is 2.27. The summed E-state index contributed by atoms with van der Waals surface area (Å²) in [4.78, 5) is 7.98. The Morgan fingerprint density at radius 3 is 2.73 bits per heavy atom. The maximum Gasteiger partial charge on any atom is 0.180 e. The van der Waals surface area contributed by atoms with Crippen molar-refractivity contribution in [2.45, 2.75) is 16.3 Å². The average molecular weight is 235 g/mol. The SMILES string of the molecule is Cc1nnc(Sc2cnc(C#N)cn2)s1. The number of aromatic nitrogens is 4. The smallest absolute Gasteiger partial charge is 0.180 e. The number of nitrogens with zero attached hydrogens (tertiary/aromatic N) is 5. The first-order valence-electron chi connectivity index (χ1n) is 3.98. The Morgan fingerprint density at radius 1 is 1.33 bits per heavy atom. The van der Waals surface area contributed by atoms with E-state index in [-0.39, 0.29) is 0 Å². The van der Waals surface area contributed by atoms with Crippen molar-refractivity contribution in [1.29, 1.82) is 5.26 Å². The standard InChI is InChI=1S/C8H5N5S2/c1-5-12-13-8(14-5)15-7-4-10-6(2-9)3-11-7/h3-4H,1H3. The second-order valence-corrected chi connectivity index (χ2v) is 4.99. The lowest BCUT2D eigenvalue weighted by molar-refractivity contribution is 0.976. The summed E-state index contributed by atoms with van der Waals surface area (Å²) in [5, 5.41) is 18.0. The molecule has 74 valence electrons. The predicted molar refractivity (Wildman–Crippen MR) is 55.5 cm³/mol. The minimum atomic E-state index is 0.313. The van der Waals surface area contributed by atoms with Crippen molar-refractivity contribution in [1.82, 2.24) is 20.2 Å². The zero-order valence-corrected chi connectivity index (χ0v) is 9.34. The van der Waals surface area contributed by atoms with Crippen molar-refractivity contribution < 1.29 is 0 Å². The van der Waals surface area contributed by atoms with Crippen molar-refractivity contribution >= 4 is 23.1 Å². The van der Waals surface area contributed by atoms with Gasteiger partial charge < -0.3 is 0 Å². The number of nitriles is 1. The molecule has 0 aliphatic heterocycles. The highest BCUT2D eigenvalue weighted by molar-refractivity contribution is 8.01. The molecule has 0 saturated heterocycles. The molecule has 7 heteroatoms. The van der Waals surface area contributed by atoms with E-state index in [2.05, 4.69) is 20.2 Å². The molecule has 0 spiro atoms. The summed E-state index contributed by atoms with van der Waals surface area (Å²) in [6, 6.07) is 1.91. The van der Waals surface area contributed by atoms with Crippen molar-refractivity contribution in [2.24, 2.45) is 0 Å². The summed E-state index contributed by atoms with van der Waals surface area (Å²) in [6.45, 7) is 1.90.